The van der Waals surface area contributed by atoms with Crippen LogP contribution in [0.15, 0.2) is 24.5 Å². The summed E-state index contributed by atoms with van der Waals surface area (Å²) in [5, 5.41) is 22.9. The molecule has 4 rings (SSSR count). The maximum absolute atomic E-state index is 9.74. The molecule has 1 aliphatic heterocycles. The maximum atomic E-state index is 9.74. The highest BCUT2D eigenvalue weighted by atomic mass is 16.3. The van der Waals surface area contributed by atoms with Crippen molar-refractivity contribution in [3.05, 3.63) is 30.1 Å². The van der Waals surface area contributed by atoms with Gasteiger partial charge in [0.15, 0.2) is 0 Å². The number of aliphatic hydroxyl groups is 1. The van der Waals surface area contributed by atoms with Crippen molar-refractivity contribution in [1.29, 1.82) is 5.26 Å². The van der Waals surface area contributed by atoms with Gasteiger partial charge in [0.1, 0.15) is 17.1 Å². The minimum Gasteiger partial charge on any atom is -0.393 e. The lowest BCUT2D eigenvalue weighted by atomic mass is 9.90. The number of hydrogen-bond acceptors (Lipinski definition) is 6. The molecule has 2 heterocycles. The molecular formula is C21H27N5O. The SMILES string of the molecule is C[C@H]1C[C@@H](N[C@H]2CC[C@H](O)CC2)CN(c2ccc(C#N)c3nccnc23)C1. The second-order valence-electron chi connectivity index (χ2n) is 8.11. The zero-order valence-corrected chi connectivity index (χ0v) is 15.8. The number of benzene rings is 1. The smallest absolute Gasteiger partial charge is 0.113 e. The molecule has 2 atom stereocenters. The fourth-order valence-corrected chi connectivity index (χ4v) is 4.63. The first-order chi connectivity index (χ1) is 13.1. The van der Waals surface area contributed by atoms with Crippen LogP contribution in [0.1, 0.15) is 44.6 Å². The Balaban J connectivity index is 1.55. The van der Waals surface area contributed by atoms with Crippen molar-refractivity contribution >= 4 is 16.7 Å². The molecule has 1 saturated heterocycles. The highest BCUT2D eigenvalue weighted by Gasteiger charge is 2.29. The molecule has 1 saturated carbocycles. The summed E-state index contributed by atoms with van der Waals surface area (Å²) in [5.74, 6) is 0.577. The van der Waals surface area contributed by atoms with Gasteiger partial charge in [-0.1, -0.05) is 6.92 Å². The van der Waals surface area contributed by atoms with E-state index in [0.29, 0.717) is 29.1 Å². The number of nitriles is 1. The van der Waals surface area contributed by atoms with E-state index in [1.807, 2.05) is 12.1 Å². The normalized spacial score (nSPS) is 28.9. The van der Waals surface area contributed by atoms with E-state index < -0.39 is 0 Å². The summed E-state index contributed by atoms with van der Waals surface area (Å²) in [5.41, 5.74) is 3.13. The first-order valence-electron chi connectivity index (χ1n) is 9.97. The molecular weight excluding hydrogens is 338 g/mol. The van der Waals surface area contributed by atoms with Crippen molar-refractivity contribution in [3.8, 4) is 6.07 Å². The quantitative estimate of drug-likeness (QED) is 0.870. The van der Waals surface area contributed by atoms with Crippen LogP contribution in [0.4, 0.5) is 5.69 Å². The van der Waals surface area contributed by atoms with E-state index in [1.165, 1.54) is 0 Å². The van der Waals surface area contributed by atoms with E-state index in [2.05, 4.69) is 33.2 Å². The van der Waals surface area contributed by atoms with Crippen LogP contribution < -0.4 is 10.2 Å². The highest BCUT2D eigenvalue weighted by molar-refractivity contribution is 5.92. The standard InChI is InChI=1S/C21H27N5O/c1-14-10-17(25-16-3-5-18(27)6-4-16)13-26(12-14)19-7-2-15(11-22)20-21(19)24-9-8-23-20/h2,7-9,14,16-18,25,27H,3-6,10,12-13H2,1H3/t14-,16-,17+,18-/m0/s1. The molecule has 1 aromatic carbocycles. The number of fused-ring (bicyclic) bond motifs is 1. The molecule has 27 heavy (non-hydrogen) atoms. The molecule has 142 valence electrons. The van der Waals surface area contributed by atoms with Gasteiger partial charge in [0.25, 0.3) is 0 Å². The van der Waals surface area contributed by atoms with E-state index in [9.17, 15) is 10.4 Å². The van der Waals surface area contributed by atoms with E-state index in [4.69, 9.17) is 0 Å². The van der Waals surface area contributed by atoms with Gasteiger partial charge in [-0.25, -0.2) is 0 Å². The first-order valence-corrected chi connectivity index (χ1v) is 9.97. The fraction of sp³-hybridized carbons (Fsp3) is 0.571. The summed E-state index contributed by atoms with van der Waals surface area (Å²) in [7, 11) is 0. The van der Waals surface area contributed by atoms with Crippen molar-refractivity contribution in [2.24, 2.45) is 5.92 Å². The highest BCUT2D eigenvalue weighted by Crippen LogP contribution is 2.30. The van der Waals surface area contributed by atoms with Crippen LogP contribution in [-0.4, -0.2) is 46.4 Å². The molecule has 0 radical (unpaired) electrons. The zero-order valence-electron chi connectivity index (χ0n) is 15.8. The summed E-state index contributed by atoms with van der Waals surface area (Å²) >= 11 is 0. The maximum Gasteiger partial charge on any atom is 0.113 e. The second kappa shape index (κ2) is 7.79. The third-order valence-electron chi connectivity index (χ3n) is 5.89. The second-order valence-corrected chi connectivity index (χ2v) is 8.11. The number of rotatable bonds is 3. The Bertz CT molecular complexity index is 840. The number of aromatic nitrogens is 2. The van der Waals surface area contributed by atoms with Crippen LogP contribution in [0.3, 0.4) is 0 Å². The Labute approximate surface area is 160 Å². The number of hydrogen-bond donors (Lipinski definition) is 2. The zero-order chi connectivity index (χ0) is 18.8. The Kier molecular flexibility index (Phi) is 5.24. The Morgan fingerprint density at radius 2 is 1.81 bits per heavy atom. The van der Waals surface area contributed by atoms with Crippen LogP contribution >= 0.6 is 0 Å². The summed E-state index contributed by atoms with van der Waals surface area (Å²) in [6.45, 7) is 4.21. The van der Waals surface area contributed by atoms with Gasteiger partial charge < -0.3 is 15.3 Å². The minimum absolute atomic E-state index is 0.117. The molecule has 6 nitrogen and oxygen atoms in total. The van der Waals surface area contributed by atoms with Gasteiger partial charge in [-0.3, -0.25) is 9.97 Å². The number of aliphatic hydroxyl groups excluding tert-OH is 1. The lowest BCUT2D eigenvalue weighted by molar-refractivity contribution is 0.112. The number of anilines is 1. The van der Waals surface area contributed by atoms with Crippen LogP contribution in [0, 0.1) is 17.2 Å². The lowest BCUT2D eigenvalue weighted by Gasteiger charge is -2.41. The van der Waals surface area contributed by atoms with Gasteiger partial charge in [0.05, 0.1) is 17.4 Å². The monoisotopic (exact) mass is 365 g/mol. The summed E-state index contributed by atoms with van der Waals surface area (Å²) in [6.07, 6.45) is 8.30. The van der Waals surface area contributed by atoms with Crippen molar-refractivity contribution in [3.63, 3.8) is 0 Å². The molecule has 1 aromatic heterocycles. The molecule has 6 heteroatoms. The molecule has 0 unspecified atom stereocenters. The van der Waals surface area contributed by atoms with Gasteiger partial charge >= 0.3 is 0 Å². The van der Waals surface area contributed by atoms with Crippen LogP contribution in [0.5, 0.6) is 0 Å². The molecule has 2 fully saturated rings. The largest absolute Gasteiger partial charge is 0.393 e. The van der Waals surface area contributed by atoms with E-state index >= 15 is 0 Å². The fourth-order valence-electron chi connectivity index (χ4n) is 4.63. The van der Waals surface area contributed by atoms with Crippen LogP contribution in [-0.2, 0) is 0 Å². The number of nitrogens with zero attached hydrogens (tertiary/aromatic N) is 4. The first kappa shape index (κ1) is 18.1. The van der Waals surface area contributed by atoms with Gasteiger partial charge in [0.2, 0.25) is 0 Å². The van der Waals surface area contributed by atoms with E-state index in [-0.39, 0.29) is 6.10 Å². The lowest BCUT2D eigenvalue weighted by Crippen LogP contribution is -2.52. The summed E-state index contributed by atoms with van der Waals surface area (Å²) < 4.78 is 0. The third kappa shape index (κ3) is 3.90. The predicted octanol–water partition coefficient (Wildman–Crippen LogP) is 2.61. The van der Waals surface area contributed by atoms with E-state index in [0.717, 1.165) is 56.4 Å². The third-order valence-corrected chi connectivity index (χ3v) is 5.89. The number of piperidine rings is 1. The van der Waals surface area contributed by atoms with Gasteiger partial charge in [0, 0.05) is 37.6 Å². The van der Waals surface area contributed by atoms with Gasteiger partial charge in [-0.2, -0.15) is 5.26 Å². The van der Waals surface area contributed by atoms with Crippen molar-refractivity contribution in [2.45, 2.75) is 57.2 Å². The Morgan fingerprint density at radius 1 is 1.07 bits per heavy atom. The number of nitrogens with one attached hydrogen (secondary N) is 1. The molecule has 2 aliphatic rings. The molecule has 0 spiro atoms. The van der Waals surface area contributed by atoms with Crippen molar-refractivity contribution in [1.82, 2.24) is 15.3 Å². The molecule has 0 amide bonds. The topological polar surface area (TPSA) is 85.1 Å². The van der Waals surface area contributed by atoms with Crippen molar-refractivity contribution in [2.75, 3.05) is 18.0 Å². The minimum atomic E-state index is -0.117. The van der Waals surface area contributed by atoms with Gasteiger partial charge in [-0.05, 0) is 50.2 Å². The average Bonchev–Trinajstić information content (AvgIpc) is 2.68. The molecule has 0 bridgehead atoms. The molecule has 1 aliphatic carbocycles. The van der Waals surface area contributed by atoms with E-state index in [1.54, 1.807) is 12.4 Å². The van der Waals surface area contributed by atoms with Crippen molar-refractivity contribution < 1.29 is 5.11 Å². The summed E-state index contributed by atoms with van der Waals surface area (Å²) in [6, 6.07) is 7.02. The Morgan fingerprint density at radius 3 is 2.56 bits per heavy atom. The van der Waals surface area contributed by atoms with Crippen LogP contribution in [0.25, 0.3) is 11.0 Å². The molecule has 2 N–H and O–H groups in total. The van der Waals surface area contributed by atoms with Gasteiger partial charge in [-0.15, -0.1) is 0 Å². The average molecular weight is 365 g/mol. The predicted molar refractivity (Wildman–Crippen MR) is 105 cm³/mol. The van der Waals surface area contributed by atoms with Crippen LogP contribution in [0.2, 0.25) is 0 Å². The molecule has 2 aromatic rings. The summed E-state index contributed by atoms with van der Waals surface area (Å²) in [4.78, 5) is 11.3. The Hall–Kier alpha value is -2.23.